The minimum absolute atomic E-state index is 0.0329. The molecule has 1 aromatic carbocycles. The van der Waals surface area contributed by atoms with E-state index in [0.29, 0.717) is 19.6 Å². The fraction of sp³-hybridized carbons (Fsp3) is 0.588. The number of ether oxygens (including phenoxy) is 1. The molecule has 0 N–H and O–H groups in total. The second-order valence-corrected chi connectivity index (χ2v) is 8.57. The monoisotopic (exact) mass is 403 g/mol. The lowest BCUT2D eigenvalue weighted by Crippen LogP contribution is -2.58. The van der Waals surface area contributed by atoms with E-state index in [2.05, 4.69) is 0 Å². The third kappa shape index (κ3) is 4.29. The Kier molecular flexibility index (Phi) is 6.09. The van der Waals surface area contributed by atoms with Crippen LogP contribution in [0.5, 0.6) is 0 Å². The number of hydrogen-bond acceptors (Lipinski definition) is 5. The van der Waals surface area contributed by atoms with Gasteiger partial charge in [-0.2, -0.15) is 13.1 Å². The van der Waals surface area contributed by atoms with Crippen molar-refractivity contribution < 1.29 is 26.7 Å². The number of sulfonamides is 1. The number of piperazine rings is 1. The smallest absolute Gasteiger partial charge is 0.378 e. The van der Waals surface area contributed by atoms with E-state index in [4.69, 9.17) is 4.74 Å². The van der Waals surface area contributed by atoms with Gasteiger partial charge >= 0.3 is 11.2 Å². The number of halogens is 2. The molecule has 0 radical (unpaired) electrons. The summed E-state index contributed by atoms with van der Waals surface area (Å²) >= 11 is 0. The summed E-state index contributed by atoms with van der Waals surface area (Å²) in [7, 11) is -5.07. The summed E-state index contributed by atoms with van der Waals surface area (Å²) in [5, 5.41) is -4.47. The largest absolute Gasteiger partial charge is 0.435 e. The highest BCUT2D eigenvalue weighted by atomic mass is 32.2. The van der Waals surface area contributed by atoms with Gasteiger partial charge in [-0.05, 0) is 5.56 Å². The molecule has 150 valence electrons. The molecule has 3 rings (SSSR count). The van der Waals surface area contributed by atoms with Gasteiger partial charge in [-0.15, -0.1) is 0 Å². The molecule has 0 unspecified atom stereocenters. The van der Waals surface area contributed by atoms with Crippen LogP contribution in [0.2, 0.25) is 0 Å². The van der Waals surface area contributed by atoms with Crippen LogP contribution in [0.4, 0.5) is 8.78 Å². The second kappa shape index (κ2) is 8.17. The highest BCUT2D eigenvalue weighted by Gasteiger charge is 2.57. The number of carbonyl (C=O) groups is 1. The zero-order valence-corrected chi connectivity index (χ0v) is 15.7. The third-order valence-electron chi connectivity index (χ3n) is 4.79. The van der Waals surface area contributed by atoms with Gasteiger partial charge in [0.15, 0.2) is 0 Å². The summed E-state index contributed by atoms with van der Waals surface area (Å²) in [6.45, 7) is 1.33. The Balaban J connectivity index is 1.62. The molecule has 10 heteroatoms. The van der Waals surface area contributed by atoms with Gasteiger partial charge in [-0.1, -0.05) is 30.3 Å². The number of amides is 1. The summed E-state index contributed by atoms with van der Waals surface area (Å²) in [6, 6.07) is 9.64. The quantitative estimate of drug-likeness (QED) is 0.720. The fourth-order valence-corrected chi connectivity index (χ4v) is 4.51. The zero-order valence-electron chi connectivity index (χ0n) is 14.9. The summed E-state index contributed by atoms with van der Waals surface area (Å²) < 4.78 is 59.7. The molecular weight excluding hydrogens is 380 g/mol. The molecular formula is C17H23F2N3O4S. The Morgan fingerprint density at radius 3 is 2.19 bits per heavy atom. The first-order valence-corrected chi connectivity index (χ1v) is 10.3. The third-order valence-corrected chi connectivity index (χ3v) is 6.66. The highest BCUT2D eigenvalue weighted by Crippen LogP contribution is 2.29. The van der Waals surface area contributed by atoms with Crippen molar-refractivity contribution in [3.63, 3.8) is 0 Å². The predicted molar refractivity (Wildman–Crippen MR) is 94.6 cm³/mol. The van der Waals surface area contributed by atoms with E-state index in [1.54, 1.807) is 0 Å². The van der Waals surface area contributed by atoms with Crippen LogP contribution in [0.1, 0.15) is 5.56 Å². The van der Waals surface area contributed by atoms with Crippen LogP contribution >= 0.6 is 0 Å². The topological polar surface area (TPSA) is 70.2 Å². The molecule has 0 bridgehead atoms. The number of nitrogens with zero attached hydrogens (tertiary/aromatic N) is 3. The van der Waals surface area contributed by atoms with Gasteiger partial charge in [0, 0.05) is 45.8 Å². The van der Waals surface area contributed by atoms with Crippen LogP contribution < -0.4 is 0 Å². The predicted octanol–water partition coefficient (Wildman–Crippen LogP) is 0.586. The molecule has 2 aliphatic rings. The Bertz CT molecular complexity index is 747. The molecule has 0 spiro atoms. The Morgan fingerprint density at radius 2 is 1.59 bits per heavy atom. The standard InChI is InChI=1S/C17H23F2N3O4S/c18-17(19,16(23)21-10-12-26-13-11-21)27(24,25)22-8-6-20(7-9-22)14-15-4-2-1-3-5-15/h1-5H,6-14H2. The SMILES string of the molecule is O=C(N1CCOCC1)C(F)(F)S(=O)(=O)N1CCN(Cc2ccccc2)CC1. The number of morpholine rings is 1. The van der Waals surface area contributed by atoms with Crippen LogP contribution in [0.25, 0.3) is 0 Å². The van der Waals surface area contributed by atoms with E-state index in [1.165, 1.54) is 0 Å². The van der Waals surface area contributed by atoms with Gasteiger partial charge in [-0.25, -0.2) is 8.42 Å². The average Bonchev–Trinajstić information content (AvgIpc) is 2.69. The molecule has 0 saturated carbocycles. The van der Waals surface area contributed by atoms with Gasteiger partial charge in [0.05, 0.1) is 13.2 Å². The second-order valence-electron chi connectivity index (χ2n) is 6.59. The summed E-state index contributed by atoms with van der Waals surface area (Å²) in [5.41, 5.74) is 1.07. The van der Waals surface area contributed by atoms with Crippen molar-refractivity contribution in [1.29, 1.82) is 0 Å². The highest BCUT2D eigenvalue weighted by molar-refractivity contribution is 7.91. The molecule has 2 heterocycles. The molecule has 0 atom stereocenters. The number of rotatable bonds is 5. The van der Waals surface area contributed by atoms with Crippen LogP contribution in [0.15, 0.2) is 30.3 Å². The van der Waals surface area contributed by atoms with E-state index in [9.17, 15) is 22.0 Å². The van der Waals surface area contributed by atoms with Crippen molar-refractivity contribution in [2.75, 3.05) is 52.5 Å². The normalized spacial score (nSPS) is 20.6. The van der Waals surface area contributed by atoms with Gasteiger partial charge in [-0.3, -0.25) is 9.69 Å². The van der Waals surface area contributed by atoms with Crippen molar-refractivity contribution in [3.8, 4) is 0 Å². The summed E-state index contributed by atoms with van der Waals surface area (Å²) in [4.78, 5) is 15.0. The first kappa shape index (κ1) is 20.1. The molecule has 7 nitrogen and oxygen atoms in total. The van der Waals surface area contributed by atoms with E-state index < -0.39 is 21.2 Å². The lowest BCUT2D eigenvalue weighted by atomic mass is 10.2. The fourth-order valence-electron chi connectivity index (χ4n) is 3.19. The average molecular weight is 403 g/mol. The Morgan fingerprint density at radius 1 is 1.00 bits per heavy atom. The number of alkyl halides is 2. The zero-order chi connectivity index (χ0) is 19.5. The van der Waals surface area contributed by atoms with Crippen molar-refractivity contribution in [2.45, 2.75) is 11.8 Å². The molecule has 0 aliphatic carbocycles. The molecule has 1 aromatic rings. The minimum atomic E-state index is -5.07. The lowest BCUT2D eigenvalue weighted by molar-refractivity contribution is -0.151. The van der Waals surface area contributed by atoms with Crippen LogP contribution in [0, 0.1) is 0 Å². The van der Waals surface area contributed by atoms with Gasteiger partial charge in [0.1, 0.15) is 0 Å². The number of benzene rings is 1. The molecule has 2 fully saturated rings. The molecule has 27 heavy (non-hydrogen) atoms. The molecule has 0 aromatic heterocycles. The van der Waals surface area contributed by atoms with E-state index >= 15 is 0 Å². The van der Waals surface area contributed by atoms with Gasteiger partial charge in [0.2, 0.25) is 0 Å². The van der Waals surface area contributed by atoms with E-state index in [-0.39, 0.29) is 39.4 Å². The van der Waals surface area contributed by atoms with Crippen molar-refractivity contribution in [3.05, 3.63) is 35.9 Å². The van der Waals surface area contributed by atoms with Crippen LogP contribution in [-0.4, -0.2) is 86.2 Å². The van der Waals surface area contributed by atoms with E-state index in [1.807, 2.05) is 35.2 Å². The molecule has 1 amide bonds. The Hall–Kier alpha value is -1.62. The number of hydrogen-bond donors (Lipinski definition) is 0. The van der Waals surface area contributed by atoms with Crippen molar-refractivity contribution in [1.82, 2.24) is 14.1 Å². The first-order valence-electron chi connectivity index (χ1n) is 8.83. The molecule has 2 saturated heterocycles. The Labute approximate surface area is 157 Å². The maximum atomic E-state index is 14.5. The molecule has 2 aliphatic heterocycles. The van der Waals surface area contributed by atoms with Crippen molar-refractivity contribution >= 4 is 15.9 Å². The number of carbonyl (C=O) groups excluding carboxylic acids is 1. The van der Waals surface area contributed by atoms with Crippen LogP contribution in [-0.2, 0) is 26.1 Å². The minimum Gasteiger partial charge on any atom is -0.378 e. The summed E-state index contributed by atoms with van der Waals surface area (Å²) in [6.07, 6.45) is 0. The first-order chi connectivity index (χ1) is 12.8. The maximum Gasteiger partial charge on any atom is 0.435 e. The van der Waals surface area contributed by atoms with Crippen LogP contribution in [0.3, 0.4) is 0 Å². The summed E-state index contributed by atoms with van der Waals surface area (Å²) in [5.74, 6) is -1.67. The van der Waals surface area contributed by atoms with E-state index in [0.717, 1.165) is 14.8 Å². The van der Waals surface area contributed by atoms with Crippen molar-refractivity contribution in [2.24, 2.45) is 0 Å². The van der Waals surface area contributed by atoms with Gasteiger partial charge in [0.25, 0.3) is 10.0 Å². The maximum absolute atomic E-state index is 14.5. The van der Waals surface area contributed by atoms with Gasteiger partial charge < -0.3 is 9.64 Å². The lowest BCUT2D eigenvalue weighted by Gasteiger charge is -2.36.